The summed E-state index contributed by atoms with van der Waals surface area (Å²) in [4.78, 5) is 23.4. The Morgan fingerprint density at radius 2 is 2.14 bits per heavy atom. The first-order chi connectivity index (χ1) is 6.74. The third-order valence-corrected chi connectivity index (χ3v) is 2.14. The minimum atomic E-state index is -0.262. The molecule has 5 heteroatoms. The van der Waals surface area contributed by atoms with Gasteiger partial charge in [-0.2, -0.15) is 0 Å². The zero-order chi connectivity index (χ0) is 10.4. The summed E-state index contributed by atoms with van der Waals surface area (Å²) in [5.41, 5.74) is 0. The maximum Gasteiger partial charge on any atom is 0.324 e. The van der Waals surface area contributed by atoms with Crippen molar-refractivity contribution < 1.29 is 14.3 Å². The number of nitrogens with one attached hydrogen (secondary N) is 1. The van der Waals surface area contributed by atoms with Gasteiger partial charge in [0.15, 0.2) is 0 Å². The van der Waals surface area contributed by atoms with Gasteiger partial charge in [-0.15, -0.1) is 0 Å². The van der Waals surface area contributed by atoms with Crippen LogP contribution in [0.3, 0.4) is 0 Å². The smallest absolute Gasteiger partial charge is 0.324 e. The Morgan fingerprint density at radius 1 is 1.36 bits per heavy atom. The lowest BCUT2D eigenvalue weighted by molar-refractivity contribution is -0.118. The van der Waals surface area contributed by atoms with E-state index >= 15 is 0 Å². The summed E-state index contributed by atoms with van der Waals surface area (Å²) in [6.07, 6.45) is 2.94. The molecule has 0 spiro atoms. The second-order valence-electron chi connectivity index (χ2n) is 3.33. The third-order valence-electron chi connectivity index (χ3n) is 2.14. The first kappa shape index (κ1) is 11.0. The molecular formula is C9H16N2O3. The number of unbranched alkanes of at least 4 members (excludes halogenated alkanes) is 2. The monoisotopic (exact) mass is 200 g/mol. The average Bonchev–Trinajstić information content (AvgIpc) is 2.45. The Balaban J connectivity index is 2.07. The van der Waals surface area contributed by atoms with Gasteiger partial charge in [-0.05, 0) is 19.3 Å². The van der Waals surface area contributed by atoms with Gasteiger partial charge in [-0.3, -0.25) is 10.1 Å². The van der Waals surface area contributed by atoms with Crippen molar-refractivity contribution in [1.82, 2.24) is 10.2 Å². The Bertz CT molecular complexity index is 218. The van der Waals surface area contributed by atoms with E-state index in [1.807, 2.05) is 0 Å². The van der Waals surface area contributed by atoms with Crippen LogP contribution in [0, 0.1) is 0 Å². The number of ether oxygens (including phenoxy) is 1. The maximum atomic E-state index is 11.1. The molecule has 5 nitrogen and oxygen atoms in total. The molecule has 1 fully saturated rings. The van der Waals surface area contributed by atoms with Crippen molar-refractivity contribution in [2.24, 2.45) is 0 Å². The molecule has 0 aromatic carbocycles. The fourth-order valence-corrected chi connectivity index (χ4v) is 1.39. The highest BCUT2D eigenvalue weighted by molar-refractivity contribution is 6.01. The van der Waals surface area contributed by atoms with Gasteiger partial charge < -0.3 is 9.64 Å². The van der Waals surface area contributed by atoms with E-state index in [4.69, 9.17) is 4.74 Å². The Kier molecular flexibility index (Phi) is 4.39. The van der Waals surface area contributed by atoms with Crippen LogP contribution in [0.15, 0.2) is 0 Å². The number of carbonyl (C=O) groups is 2. The molecule has 1 heterocycles. The first-order valence-electron chi connectivity index (χ1n) is 4.81. The number of methoxy groups -OCH3 is 1. The van der Waals surface area contributed by atoms with Crippen LogP contribution in [0.2, 0.25) is 0 Å². The van der Waals surface area contributed by atoms with Gasteiger partial charge in [0, 0.05) is 20.3 Å². The van der Waals surface area contributed by atoms with E-state index < -0.39 is 0 Å². The molecular weight excluding hydrogens is 184 g/mol. The lowest BCUT2D eigenvalue weighted by Gasteiger charge is -2.12. The van der Waals surface area contributed by atoms with Crippen LogP contribution in [0.25, 0.3) is 0 Å². The van der Waals surface area contributed by atoms with Crippen molar-refractivity contribution in [3.05, 3.63) is 0 Å². The topological polar surface area (TPSA) is 58.6 Å². The zero-order valence-electron chi connectivity index (χ0n) is 8.41. The lowest BCUT2D eigenvalue weighted by Crippen LogP contribution is -2.29. The van der Waals surface area contributed by atoms with E-state index in [0.717, 1.165) is 25.9 Å². The van der Waals surface area contributed by atoms with Crippen LogP contribution in [0.5, 0.6) is 0 Å². The van der Waals surface area contributed by atoms with E-state index in [9.17, 15) is 9.59 Å². The normalized spacial score (nSPS) is 16.2. The second-order valence-corrected chi connectivity index (χ2v) is 3.33. The standard InChI is InChI=1S/C9H16N2O3/c1-14-6-4-2-3-5-11-7-8(12)10-9(11)13/h2-7H2,1H3,(H,10,12,13). The van der Waals surface area contributed by atoms with Crippen LogP contribution in [0.1, 0.15) is 19.3 Å². The fourth-order valence-electron chi connectivity index (χ4n) is 1.39. The predicted molar refractivity (Wildman–Crippen MR) is 50.8 cm³/mol. The minimum absolute atomic E-state index is 0.202. The molecule has 0 atom stereocenters. The molecule has 0 radical (unpaired) electrons. The number of rotatable bonds is 6. The van der Waals surface area contributed by atoms with Crippen LogP contribution in [-0.4, -0.2) is 43.6 Å². The predicted octanol–water partition coefficient (Wildman–Crippen LogP) is 0.355. The molecule has 0 bridgehead atoms. The van der Waals surface area contributed by atoms with E-state index in [1.165, 1.54) is 4.90 Å². The number of nitrogens with zero attached hydrogens (tertiary/aromatic N) is 1. The summed E-state index contributed by atoms with van der Waals surface area (Å²) in [5, 5.41) is 2.24. The number of hydrogen-bond donors (Lipinski definition) is 1. The molecule has 80 valence electrons. The summed E-state index contributed by atoms with van der Waals surface area (Å²) < 4.78 is 4.91. The van der Waals surface area contributed by atoms with Crippen molar-refractivity contribution in [1.29, 1.82) is 0 Å². The highest BCUT2D eigenvalue weighted by Gasteiger charge is 2.25. The Labute approximate surface area is 83.4 Å². The number of urea groups is 1. The van der Waals surface area contributed by atoms with Crippen molar-refractivity contribution >= 4 is 11.9 Å². The molecule has 0 unspecified atom stereocenters. The van der Waals surface area contributed by atoms with Gasteiger partial charge in [0.1, 0.15) is 6.54 Å². The maximum absolute atomic E-state index is 11.1. The van der Waals surface area contributed by atoms with Gasteiger partial charge in [0.2, 0.25) is 5.91 Å². The fraction of sp³-hybridized carbons (Fsp3) is 0.778. The highest BCUT2D eigenvalue weighted by Crippen LogP contribution is 2.03. The van der Waals surface area contributed by atoms with Crippen LogP contribution < -0.4 is 5.32 Å². The third kappa shape index (κ3) is 3.33. The Hall–Kier alpha value is -1.10. The molecule has 3 amide bonds. The highest BCUT2D eigenvalue weighted by atomic mass is 16.5. The van der Waals surface area contributed by atoms with Crippen molar-refractivity contribution in [2.45, 2.75) is 19.3 Å². The molecule has 1 aliphatic heterocycles. The molecule has 1 aliphatic rings. The molecule has 1 rings (SSSR count). The average molecular weight is 200 g/mol. The second kappa shape index (κ2) is 5.59. The molecule has 1 N–H and O–H groups in total. The molecule has 1 saturated heterocycles. The summed E-state index contributed by atoms with van der Waals surface area (Å²) in [5.74, 6) is -0.202. The summed E-state index contributed by atoms with van der Waals surface area (Å²) in [6.45, 7) is 1.62. The number of amides is 3. The van der Waals surface area contributed by atoms with Crippen LogP contribution >= 0.6 is 0 Å². The van der Waals surface area contributed by atoms with E-state index in [-0.39, 0.29) is 18.5 Å². The summed E-state index contributed by atoms with van der Waals surface area (Å²) >= 11 is 0. The summed E-state index contributed by atoms with van der Waals surface area (Å²) in [6, 6.07) is -0.262. The van der Waals surface area contributed by atoms with Gasteiger partial charge in [0.25, 0.3) is 0 Å². The zero-order valence-corrected chi connectivity index (χ0v) is 8.41. The minimum Gasteiger partial charge on any atom is -0.385 e. The Morgan fingerprint density at radius 3 is 2.71 bits per heavy atom. The summed E-state index contributed by atoms with van der Waals surface area (Å²) in [7, 11) is 1.67. The molecule has 0 saturated carbocycles. The van der Waals surface area contributed by atoms with Gasteiger partial charge in [0.05, 0.1) is 0 Å². The number of imide groups is 1. The molecule has 0 aromatic rings. The number of carbonyl (C=O) groups excluding carboxylic acids is 2. The van der Waals surface area contributed by atoms with Crippen LogP contribution in [0.4, 0.5) is 4.79 Å². The number of hydrogen-bond acceptors (Lipinski definition) is 3. The SMILES string of the molecule is COCCCCCN1CC(=O)NC1=O. The van der Waals surface area contributed by atoms with Crippen molar-refractivity contribution in [3.8, 4) is 0 Å². The van der Waals surface area contributed by atoms with Gasteiger partial charge in [-0.25, -0.2) is 4.79 Å². The van der Waals surface area contributed by atoms with Crippen molar-refractivity contribution in [3.63, 3.8) is 0 Å². The van der Waals surface area contributed by atoms with Crippen LogP contribution in [-0.2, 0) is 9.53 Å². The quantitative estimate of drug-likeness (QED) is 0.497. The van der Waals surface area contributed by atoms with Gasteiger partial charge >= 0.3 is 6.03 Å². The van der Waals surface area contributed by atoms with Crippen molar-refractivity contribution in [2.75, 3.05) is 26.8 Å². The molecule has 0 aliphatic carbocycles. The first-order valence-corrected chi connectivity index (χ1v) is 4.81. The van der Waals surface area contributed by atoms with Gasteiger partial charge in [-0.1, -0.05) is 0 Å². The van der Waals surface area contributed by atoms with E-state index in [2.05, 4.69) is 5.32 Å². The van der Waals surface area contributed by atoms with E-state index in [0.29, 0.717) is 6.54 Å². The largest absolute Gasteiger partial charge is 0.385 e. The molecule has 0 aromatic heterocycles. The molecule has 14 heavy (non-hydrogen) atoms. The lowest BCUT2D eigenvalue weighted by atomic mass is 10.2. The van der Waals surface area contributed by atoms with E-state index in [1.54, 1.807) is 7.11 Å².